The molecule has 2 aliphatic carbocycles. The van der Waals surface area contributed by atoms with Gasteiger partial charge in [0.05, 0.1) is 20.8 Å². The summed E-state index contributed by atoms with van der Waals surface area (Å²) < 4.78 is 38.9. The molecule has 4 N–H and O–H groups in total. The predicted octanol–water partition coefficient (Wildman–Crippen LogP) is 1.20. The Morgan fingerprint density at radius 1 is 1.40 bits per heavy atom. The predicted molar refractivity (Wildman–Crippen MR) is 90.0 cm³/mol. The van der Waals surface area contributed by atoms with Crippen molar-refractivity contribution in [3.63, 3.8) is 0 Å². The highest BCUT2D eigenvalue weighted by atomic mass is 35.5. The lowest BCUT2D eigenvalue weighted by Gasteiger charge is -2.19. The first-order valence-corrected chi connectivity index (χ1v) is 9.99. The van der Waals surface area contributed by atoms with Gasteiger partial charge in [0.1, 0.15) is 5.82 Å². The minimum Gasteiger partial charge on any atom is -0.396 e. The average Bonchev–Trinajstić information content (AvgIpc) is 3.09. The zero-order valence-electron chi connectivity index (χ0n) is 13.4. The molecule has 25 heavy (non-hydrogen) atoms. The Bertz CT molecular complexity index is 797. The summed E-state index contributed by atoms with van der Waals surface area (Å²) in [6.07, 6.45) is 1.58. The van der Waals surface area contributed by atoms with Crippen LogP contribution in [0.1, 0.15) is 25.7 Å². The van der Waals surface area contributed by atoms with E-state index in [9.17, 15) is 22.7 Å². The van der Waals surface area contributed by atoms with Gasteiger partial charge in [0, 0.05) is 12.5 Å². The van der Waals surface area contributed by atoms with Gasteiger partial charge < -0.3 is 16.2 Å². The van der Waals surface area contributed by atoms with Gasteiger partial charge in [-0.2, -0.15) is 0 Å². The molecule has 3 atom stereocenters. The number of nitrogens with two attached hydrogens (primary N) is 1. The van der Waals surface area contributed by atoms with E-state index in [-0.39, 0.29) is 35.3 Å². The highest BCUT2D eigenvalue weighted by Gasteiger charge is 2.48. The molecule has 9 heteroatoms. The molecule has 2 aliphatic rings. The molecule has 0 unspecified atom stereocenters. The third-order valence-corrected chi connectivity index (χ3v) is 7.68. The second kappa shape index (κ2) is 6.50. The smallest absolute Gasteiger partial charge is 0.224 e. The summed E-state index contributed by atoms with van der Waals surface area (Å²) in [5, 5.41) is 11.2. The number of sulfone groups is 1. The van der Waals surface area contributed by atoms with Crippen molar-refractivity contribution >= 4 is 27.3 Å². The molecule has 3 rings (SSSR count). The topological polar surface area (TPSA) is 109 Å². The fourth-order valence-electron chi connectivity index (χ4n) is 3.33. The first-order valence-electron chi connectivity index (χ1n) is 8.07. The third kappa shape index (κ3) is 3.67. The number of amides is 1. The molecule has 1 aromatic rings. The van der Waals surface area contributed by atoms with Crippen LogP contribution in [0.4, 0.5) is 4.39 Å². The van der Waals surface area contributed by atoms with Crippen LogP contribution in [0.5, 0.6) is 0 Å². The summed E-state index contributed by atoms with van der Waals surface area (Å²) in [4.78, 5) is 12.3. The molecule has 1 amide bonds. The maximum atomic E-state index is 13.2. The van der Waals surface area contributed by atoms with Crippen LogP contribution in [0.15, 0.2) is 23.1 Å². The number of nitrogens with one attached hydrogen (secondary N) is 1. The zero-order valence-corrected chi connectivity index (χ0v) is 15.0. The quantitative estimate of drug-likeness (QED) is 0.517. The second-order valence-corrected chi connectivity index (χ2v) is 9.51. The number of hydrogen-bond acceptors (Lipinski definition) is 5. The molecule has 0 spiro atoms. The maximum Gasteiger partial charge on any atom is 0.224 e. The first-order chi connectivity index (χ1) is 11.7. The molecular formula is C16H20ClFN2O4S. The number of halogens is 2. The number of aliphatic hydroxyl groups excluding tert-OH is 1. The largest absolute Gasteiger partial charge is 0.396 e. The van der Waals surface area contributed by atoms with Gasteiger partial charge in [-0.1, -0.05) is 11.6 Å². The summed E-state index contributed by atoms with van der Waals surface area (Å²) in [6.45, 7) is -0.293. The van der Waals surface area contributed by atoms with Crippen molar-refractivity contribution in [2.45, 2.75) is 41.5 Å². The summed E-state index contributed by atoms with van der Waals surface area (Å²) in [5.41, 5.74) is 5.18. The SMILES string of the molecule is NC1(NC(=O)[C@@H]2C[C@@H](S(=O)(=O)c3ccc(F)cc3Cl)C[C@H]2CO)CC1. The van der Waals surface area contributed by atoms with E-state index in [1.807, 2.05) is 0 Å². The van der Waals surface area contributed by atoms with E-state index < -0.39 is 38.4 Å². The van der Waals surface area contributed by atoms with Crippen LogP contribution in [0.2, 0.25) is 5.02 Å². The van der Waals surface area contributed by atoms with Crippen LogP contribution in [0.3, 0.4) is 0 Å². The van der Waals surface area contributed by atoms with Gasteiger partial charge in [0.25, 0.3) is 0 Å². The highest BCUT2D eigenvalue weighted by molar-refractivity contribution is 7.92. The highest BCUT2D eigenvalue weighted by Crippen LogP contribution is 2.40. The first kappa shape index (κ1) is 18.6. The van der Waals surface area contributed by atoms with E-state index in [1.54, 1.807) is 0 Å². The lowest BCUT2D eigenvalue weighted by atomic mass is 9.96. The van der Waals surface area contributed by atoms with Crippen LogP contribution in [-0.4, -0.2) is 37.0 Å². The van der Waals surface area contributed by atoms with E-state index in [2.05, 4.69) is 5.32 Å². The fraction of sp³-hybridized carbons (Fsp3) is 0.562. The minimum absolute atomic E-state index is 0.0726. The molecule has 138 valence electrons. The summed E-state index contributed by atoms with van der Waals surface area (Å²) in [6, 6.07) is 3.11. The van der Waals surface area contributed by atoms with E-state index >= 15 is 0 Å². The molecule has 0 saturated heterocycles. The monoisotopic (exact) mass is 390 g/mol. The van der Waals surface area contributed by atoms with Crippen molar-refractivity contribution < 1.29 is 22.7 Å². The van der Waals surface area contributed by atoms with Gasteiger partial charge in [-0.25, -0.2) is 12.8 Å². The average molecular weight is 391 g/mol. The minimum atomic E-state index is -3.84. The van der Waals surface area contributed by atoms with E-state index in [0.29, 0.717) is 12.8 Å². The van der Waals surface area contributed by atoms with Crippen LogP contribution >= 0.6 is 11.6 Å². The Morgan fingerprint density at radius 3 is 2.64 bits per heavy atom. The van der Waals surface area contributed by atoms with Crippen molar-refractivity contribution in [2.24, 2.45) is 17.6 Å². The van der Waals surface area contributed by atoms with Gasteiger partial charge in [-0.3, -0.25) is 4.79 Å². The van der Waals surface area contributed by atoms with Crippen molar-refractivity contribution in [2.75, 3.05) is 6.61 Å². The molecule has 0 aliphatic heterocycles. The molecule has 6 nitrogen and oxygen atoms in total. The molecule has 2 fully saturated rings. The van der Waals surface area contributed by atoms with Crippen molar-refractivity contribution in [3.8, 4) is 0 Å². The molecule has 0 bridgehead atoms. The number of benzene rings is 1. The van der Waals surface area contributed by atoms with Crippen LogP contribution in [0.25, 0.3) is 0 Å². The molecule has 0 heterocycles. The number of carbonyl (C=O) groups excluding carboxylic acids is 1. The standard InChI is InChI=1S/C16H20ClFN2O4S/c17-13-6-10(18)1-2-14(13)25(23,24)11-5-9(8-21)12(7-11)15(22)20-16(19)3-4-16/h1-2,6,9,11-12,21H,3-5,7-8,19H2,(H,20,22)/t9-,11-,12+/m0/s1. The number of rotatable bonds is 5. The van der Waals surface area contributed by atoms with Crippen LogP contribution < -0.4 is 11.1 Å². The van der Waals surface area contributed by atoms with Gasteiger partial charge in [0.15, 0.2) is 9.84 Å². The van der Waals surface area contributed by atoms with Gasteiger partial charge in [0.2, 0.25) is 5.91 Å². The van der Waals surface area contributed by atoms with Gasteiger partial charge in [-0.15, -0.1) is 0 Å². The Balaban J connectivity index is 1.82. The second-order valence-electron chi connectivity index (χ2n) is 6.91. The lowest BCUT2D eigenvalue weighted by Crippen LogP contribution is -2.47. The molecular weight excluding hydrogens is 371 g/mol. The summed E-state index contributed by atoms with van der Waals surface area (Å²) in [7, 11) is -3.84. The van der Waals surface area contributed by atoms with E-state index in [0.717, 1.165) is 18.2 Å². The maximum absolute atomic E-state index is 13.2. The van der Waals surface area contributed by atoms with Crippen LogP contribution in [0, 0.1) is 17.7 Å². The number of aliphatic hydroxyl groups is 1. The zero-order chi connectivity index (χ0) is 18.4. The van der Waals surface area contributed by atoms with Crippen molar-refractivity contribution in [3.05, 3.63) is 29.0 Å². The Labute approximate surface area is 150 Å². The molecule has 0 radical (unpaired) electrons. The normalized spacial score (nSPS) is 27.9. The third-order valence-electron chi connectivity index (χ3n) is 5.02. The van der Waals surface area contributed by atoms with Crippen molar-refractivity contribution in [1.29, 1.82) is 0 Å². The van der Waals surface area contributed by atoms with Gasteiger partial charge >= 0.3 is 0 Å². The Kier molecular flexibility index (Phi) is 4.83. The molecule has 1 aromatic carbocycles. The summed E-state index contributed by atoms with van der Waals surface area (Å²) in [5.74, 6) is -2.06. The molecule has 0 aromatic heterocycles. The molecule has 2 saturated carbocycles. The van der Waals surface area contributed by atoms with E-state index in [1.165, 1.54) is 0 Å². The lowest BCUT2D eigenvalue weighted by molar-refractivity contribution is -0.127. The number of carbonyl (C=O) groups is 1. The number of hydrogen-bond donors (Lipinski definition) is 3. The Morgan fingerprint density at radius 2 is 2.08 bits per heavy atom. The van der Waals surface area contributed by atoms with Crippen LogP contribution in [-0.2, 0) is 14.6 Å². The van der Waals surface area contributed by atoms with Crippen molar-refractivity contribution in [1.82, 2.24) is 5.32 Å². The Hall–Kier alpha value is -1.22. The van der Waals surface area contributed by atoms with Gasteiger partial charge in [-0.05, 0) is 49.8 Å². The summed E-state index contributed by atoms with van der Waals surface area (Å²) >= 11 is 5.89. The van der Waals surface area contributed by atoms with E-state index in [4.69, 9.17) is 17.3 Å². The fourth-order valence-corrected chi connectivity index (χ4v) is 5.73.